The van der Waals surface area contributed by atoms with E-state index in [2.05, 4.69) is 45.1 Å². The number of hydrogen-bond donors (Lipinski definition) is 1. The maximum absolute atomic E-state index is 10.7. The van der Waals surface area contributed by atoms with Crippen LogP contribution < -0.4 is 4.90 Å². The number of rotatable bonds is 4. The summed E-state index contributed by atoms with van der Waals surface area (Å²) in [5.41, 5.74) is 2.12. The second-order valence-electron chi connectivity index (χ2n) is 7.91. The van der Waals surface area contributed by atoms with Crippen LogP contribution in [0.1, 0.15) is 30.2 Å². The van der Waals surface area contributed by atoms with Gasteiger partial charge in [-0.05, 0) is 67.0 Å². The summed E-state index contributed by atoms with van der Waals surface area (Å²) in [7, 11) is 0. The first-order valence-electron chi connectivity index (χ1n) is 10.2. The normalized spacial score (nSPS) is 23.1. The smallest absolute Gasteiger partial charge is 0.150 e. The van der Waals surface area contributed by atoms with Gasteiger partial charge in [0.15, 0.2) is 0 Å². The Labute approximate surface area is 169 Å². The summed E-state index contributed by atoms with van der Waals surface area (Å²) < 4.78 is 5.97. The van der Waals surface area contributed by atoms with Crippen molar-refractivity contribution in [2.24, 2.45) is 5.92 Å². The fourth-order valence-electron chi connectivity index (χ4n) is 4.59. The quantitative estimate of drug-likeness (QED) is 0.734. The van der Waals surface area contributed by atoms with Crippen LogP contribution in [-0.2, 0) is 6.42 Å². The number of aliphatic hydroxyl groups excluding tert-OH is 1. The summed E-state index contributed by atoms with van der Waals surface area (Å²) in [5, 5.41) is 12.0. The Balaban J connectivity index is 1.16. The lowest BCUT2D eigenvalue weighted by Crippen LogP contribution is -2.47. The number of anilines is 1. The van der Waals surface area contributed by atoms with Gasteiger partial charge in [0.05, 0.1) is 16.5 Å². The average molecular weight is 395 g/mol. The SMILES string of the molecule is OC1c2ncccc2CCC1CCN1CCN(c2nsc3ccccc23)CC1. The summed E-state index contributed by atoms with van der Waals surface area (Å²) in [6.45, 7) is 5.21. The van der Waals surface area contributed by atoms with E-state index in [1.54, 1.807) is 17.7 Å². The first-order valence-corrected chi connectivity index (χ1v) is 11.0. The van der Waals surface area contributed by atoms with E-state index in [1.807, 2.05) is 6.07 Å². The third-order valence-electron chi connectivity index (χ3n) is 6.28. The third-order valence-corrected chi connectivity index (χ3v) is 7.10. The lowest BCUT2D eigenvalue weighted by Gasteiger charge is -2.36. The number of pyridine rings is 1. The number of aliphatic hydroxyl groups is 1. The predicted octanol–water partition coefficient (Wildman–Crippen LogP) is 3.50. The molecule has 0 spiro atoms. The van der Waals surface area contributed by atoms with Gasteiger partial charge in [-0.3, -0.25) is 9.88 Å². The van der Waals surface area contributed by atoms with Gasteiger partial charge in [-0.2, -0.15) is 4.37 Å². The first kappa shape index (κ1) is 18.0. The Morgan fingerprint density at radius 1 is 1.07 bits per heavy atom. The molecule has 1 aliphatic heterocycles. The second kappa shape index (κ2) is 7.78. The minimum absolute atomic E-state index is 0.322. The molecule has 2 atom stereocenters. The molecule has 1 aromatic carbocycles. The zero-order valence-electron chi connectivity index (χ0n) is 16.0. The summed E-state index contributed by atoms with van der Waals surface area (Å²) in [6.07, 6.45) is 4.52. The summed E-state index contributed by atoms with van der Waals surface area (Å²) >= 11 is 1.59. The van der Waals surface area contributed by atoms with Crippen molar-refractivity contribution in [2.45, 2.75) is 25.4 Å². The van der Waals surface area contributed by atoms with Crippen molar-refractivity contribution in [1.82, 2.24) is 14.3 Å². The largest absolute Gasteiger partial charge is 0.387 e. The van der Waals surface area contributed by atoms with Crippen LogP contribution in [0.2, 0.25) is 0 Å². The molecule has 1 N–H and O–H groups in total. The van der Waals surface area contributed by atoms with Gasteiger partial charge in [0.25, 0.3) is 0 Å². The van der Waals surface area contributed by atoms with Crippen LogP contribution in [0.15, 0.2) is 42.6 Å². The maximum atomic E-state index is 10.7. The molecule has 28 heavy (non-hydrogen) atoms. The second-order valence-corrected chi connectivity index (χ2v) is 8.72. The van der Waals surface area contributed by atoms with E-state index in [1.165, 1.54) is 15.6 Å². The summed E-state index contributed by atoms with van der Waals surface area (Å²) in [4.78, 5) is 9.39. The number of benzene rings is 1. The van der Waals surface area contributed by atoms with Crippen molar-refractivity contribution < 1.29 is 5.11 Å². The highest BCUT2D eigenvalue weighted by atomic mass is 32.1. The van der Waals surface area contributed by atoms with Crippen LogP contribution in [0.5, 0.6) is 0 Å². The van der Waals surface area contributed by atoms with Crippen molar-refractivity contribution in [3.8, 4) is 0 Å². The molecular weight excluding hydrogens is 368 g/mol. The molecule has 6 heteroatoms. The molecular formula is C22H26N4OS. The van der Waals surface area contributed by atoms with Gasteiger partial charge < -0.3 is 10.0 Å². The van der Waals surface area contributed by atoms with Crippen LogP contribution in [0.3, 0.4) is 0 Å². The molecule has 0 saturated carbocycles. The molecule has 1 saturated heterocycles. The molecule has 3 heterocycles. The van der Waals surface area contributed by atoms with Gasteiger partial charge in [0, 0.05) is 37.8 Å². The first-order chi connectivity index (χ1) is 13.8. The van der Waals surface area contributed by atoms with Gasteiger partial charge in [-0.1, -0.05) is 18.2 Å². The topological polar surface area (TPSA) is 52.5 Å². The van der Waals surface area contributed by atoms with E-state index < -0.39 is 6.10 Å². The lowest BCUT2D eigenvalue weighted by molar-refractivity contribution is 0.0755. The number of hydrogen-bond acceptors (Lipinski definition) is 6. The van der Waals surface area contributed by atoms with Gasteiger partial charge in [0.1, 0.15) is 5.82 Å². The van der Waals surface area contributed by atoms with Crippen LogP contribution in [-0.4, -0.2) is 52.1 Å². The zero-order valence-corrected chi connectivity index (χ0v) is 16.8. The van der Waals surface area contributed by atoms with Crippen LogP contribution in [0.4, 0.5) is 5.82 Å². The van der Waals surface area contributed by atoms with Crippen molar-refractivity contribution in [2.75, 3.05) is 37.6 Å². The number of piperazine rings is 1. The standard InChI is InChI=1S/C22H26N4OS/c27-21-17(8-7-16-4-3-10-23-20(16)21)9-11-25-12-14-26(15-13-25)22-18-5-1-2-6-19(18)28-24-22/h1-6,10,17,21,27H,7-9,11-15H2. The van der Waals surface area contributed by atoms with Crippen molar-refractivity contribution in [3.05, 3.63) is 53.9 Å². The molecule has 5 rings (SSSR count). The maximum Gasteiger partial charge on any atom is 0.150 e. The molecule has 5 nitrogen and oxygen atoms in total. The number of fused-ring (bicyclic) bond motifs is 2. The Morgan fingerprint density at radius 3 is 2.82 bits per heavy atom. The van der Waals surface area contributed by atoms with Crippen molar-refractivity contribution in [1.29, 1.82) is 0 Å². The Bertz CT molecular complexity index is 950. The summed E-state index contributed by atoms with van der Waals surface area (Å²) in [6, 6.07) is 12.6. The molecule has 2 aromatic heterocycles. The molecule has 2 unspecified atom stereocenters. The molecule has 0 amide bonds. The van der Waals surface area contributed by atoms with E-state index >= 15 is 0 Å². The minimum atomic E-state index is -0.410. The molecule has 0 radical (unpaired) electrons. The van der Waals surface area contributed by atoms with E-state index in [0.717, 1.165) is 63.5 Å². The highest BCUT2D eigenvalue weighted by molar-refractivity contribution is 7.13. The third kappa shape index (κ3) is 3.41. The fraction of sp³-hybridized carbons (Fsp3) is 0.455. The van der Waals surface area contributed by atoms with Crippen LogP contribution in [0, 0.1) is 5.92 Å². The molecule has 1 aliphatic carbocycles. The number of aromatic nitrogens is 2. The molecule has 146 valence electrons. The van der Waals surface area contributed by atoms with E-state index in [-0.39, 0.29) is 0 Å². The van der Waals surface area contributed by atoms with E-state index in [9.17, 15) is 5.11 Å². The van der Waals surface area contributed by atoms with Gasteiger partial charge in [0.2, 0.25) is 0 Å². The number of nitrogens with zero attached hydrogens (tertiary/aromatic N) is 4. The van der Waals surface area contributed by atoms with Gasteiger partial charge in [-0.25, -0.2) is 0 Å². The van der Waals surface area contributed by atoms with Crippen molar-refractivity contribution in [3.63, 3.8) is 0 Å². The fourth-order valence-corrected chi connectivity index (χ4v) is 5.38. The molecule has 0 bridgehead atoms. The van der Waals surface area contributed by atoms with Crippen molar-refractivity contribution >= 4 is 27.4 Å². The average Bonchev–Trinajstić information content (AvgIpc) is 3.18. The summed E-state index contributed by atoms with van der Waals surface area (Å²) in [5.74, 6) is 1.47. The lowest BCUT2D eigenvalue weighted by atomic mass is 9.82. The van der Waals surface area contributed by atoms with Gasteiger partial charge in [-0.15, -0.1) is 0 Å². The minimum Gasteiger partial charge on any atom is -0.387 e. The van der Waals surface area contributed by atoms with E-state index in [4.69, 9.17) is 4.37 Å². The number of aryl methyl sites for hydroxylation is 1. The molecule has 1 fully saturated rings. The van der Waals surface area contributed by atoms with E-state index in [0.29, 0.717) is 5.92 Å². The predicted molar refractivity (Wildman–Crippen MR) is 114 cm³/mol. The highest BCUT2D eigenvalue weighted by Gasteiger charge is 2.29. The van der Waals surface area contributed by atoms with Gasteiger partial charge >= 0.3 is 0 Å². The Kier molecular flexibility index (Phi) is 5.01. The van der Waals surface area contributed by atoms with Crippen LogP contribution >= 0.6 is 11.5 Å². The highest BCUT2D eigenvalue weighted by Crippen LogP contribution is 2.35. The Hall–Kier alpha value is -2.02. The monoisotopic (exact) mass is 394 g/mol. The Morgan fingerprint density at radius 2 is 1.93 bits per heavy atom. The molecule has 3 aromatic rings. The molecule has 2 aliphatic rings. The van der Waals surface area contributed by atoms with Crippen LogP contribution in [0.25, 0.3) is 10.1 Å². The zero-order chi connectivity index (χ0) is 18.9.